The fourth-order valence-corrected chi connectivity index (χ4v) is 2.71. The van der Waals surface area contributed by atoms with Crippen molar-refractivity contribution < 1.29 is 22.7 Å². The number of nitriles is 1. The number of methoxy groups -OCH3 is 1. The fraction of sp³-hybridized carbons (Fsp3) is 0.200. The molecule has 0 radical (unpaired) electrons. The molecule has 0 unspecified atom stereocenters. The zero-order chi connectivity index (χ0) is 17.2. The van der Waals surface area contributed by atoms with Crippen molar-refractivity contribution in [3.05, 3.63) is 45.3 Å². The number of alkyl halides is 3. The van der Waals surface area contributed by atoms with E-state index in [-0.39, 0.29) is 17.7 Å². The van der Waals surface area contributed by atoms with E-state index in [0.717, 1.165) is 12.1 Å². The van der Waals surface area contributed by atoms with Gasteiger partial charge in [0.25, 0.3) is 0 Å². The highest BCUT2D eigenvalue weighted by Gasteiger charge is 2.31. The van der Waals surface area contributed by atoms with Crippen molar-refractivity contribution in [1.82, 2.24) is 4.57 Å². The molecular weight excluding hydrogens is 424 g/mol. The Labute approximate surface area is 143 Å². The SMILES string of the molecule is COC(=O)Cn1cc(C#N)c(-c2cc(I)cc(C(F)(F)F)c2)c1. The van der Waals surface area contributed by atoms with Gasteiger partial charge in [0.15, 0.2) is 0 Å². The third-order valence-electron chi connectivity index (χ3n) is 3.08. The molecule has 0 bridgehead atoms. The van der Waals surface area contributed by atoms with Crippen molar-refractivity contribution in [2.75, 3.05) is 7.11 Å². The third-order valence-corrected chi connectivity index (χ3v) is 3.70. The molecule has 1 aromatic heterocycles. The number of carbonyl (C=O) groups is 1. The third kappa shape index (κ3) is 4.04. The predicted molar refractivity (Wildman–Crippen MR) is 84.3 cm³/mol. The van der Waals surface area contributed by atoms with Gasteiger partial charge in [-0.25, -0.2) is 0 Å². The minimum absolute atomic E-state index is 0.124. The Bertz CT molecular complexity index is 791. The average molecular weight is 434 g/mol. The fourth-order valence-electron chi connectivity index (χ4n) is 2.04. The van der Waals surface area contributed by atoms with Crippen LogP contribution in [0.15, 0.2) is 30.6 Å². The second-order valence-electron chi connectivity index (χ2n) is 4.67. The van der Waals surface area contributed by atoms with E-state index >= 15 is 0 Å². The summed E-state index contributed by atoms with van der Waals surface area (Å²) >= 11 is 1.79. The van der Waals surface area contributed by atoms with Gasteiger partial charge in [-0.05, 0) is 46.4 Å². The number of rotatable bonds is 3. The topological polar surface area (TPSA) is 55.0 Å². The van der Waals surface area contributed by atoms with Crippen LogP contribution in [0, 0.1) is 14.9 Å². The smallest absolute Gasteiger partial charge is 0.416 e. The molecule has 0 saturated heterocycles. The maximum absolute atomic E-state index is 12.9. The first-order valence-electron chi connectivity index (χ1n) is 6.29. The standard InChI is InChI=1S/C15H10F3IN2O2/c1-23-14(22)8-21-6-10(5-20)13(7-21)9-2-11(15(16,17)18)4-12(19)3-9/h2-4,6-7H,8H2,1H3. The molecule has 0 spiro atoms. The van der Waals surface area contributed by atoms with E-state index in [0.29, 0.717) is 9.13 Å². The molecule has 2 rings (SSSR count). The average Bonchev–Trinajstić information content (AvgIpc) is 2.88. The summed E-state index contributed by atoms with van der Waals surface area (Å²) in [5.41, 5.74) is -0.00200. The van der Waals surface area contributed by atoms with Gasteiger partial charge in [0.2, 0.25) is 0 Å². The summed E-state index contributed by atoms with van der Waals surface area (Å²) < 4.78 is 45.1. The Kier molecular flexibility index (Phi) is 4.99. The highest BCUT2D eigenvalue weighted by atomic mass is 127. The molecule has 1 heterocycles. The van der Waals surface area contributed by atoms with Crippen molar-refractivity contribution in [1.29, 1.82) is 5.26 Å². The van der Waals surface area contributed by atoms with Crippen LogP contribution < -0.4 is 0 Å². The summed E-state index contributed by atoms with van der Waals surface area (Å²) in [4.78, 5) is 11.3. The van der Waals surface area contributed by atoms with Gasteiger partial charge in [-0.15, -0.1) is 0 Å². The predicted octanol–water partition coefficient (Wildman–Crippen LogP) is 3.82. The van der Waals surface area contributed by atoms with Gasteiger partial charge >= 0.3 is 12.1 Å². The van der Waals surface area contributed by atoms with Crippen LogP contribution in [0.25, 0.3) is 11.1 Å². The molecule has 0 aliphatic heterocycles. The van der Waals surface area contributed by atoms with Gasteiger partial charge in [-0.2, -0.15) is 18.4 Å². The number of ether oxygens (including phenoxy) is 1. The number of benzene rings is 1. The number of aromatic nitrogens is 1. The van der Waals surface area contributed by atoms with Crippen molar-refractivity contribution in [3.8, 4) is 17.2 Å². The lowest BCUT2D eigenvalue weighted by Crippen LogP contribution is -2.09. The molecule has 0 saturated carbocycles. The Hall–Kier alpha value is -2.02. The van der Waals surface area contributed by atoms with Gasteiger partial charge in [-0.1, -0.05) is 0 Å². The highest BCUT2D eigenvalue weighted by molar-refractivity contribution is 14.1. The molecule has 0 aliphatic carbocycles. The number of carbonyl (C=O) groups excluding carboxylic acids is 1. The highest BCUT2D eigenvalue weighted by Crippen LogP contribution is 2.35. The van der Waals surface area contributed by atoms with E-state index in [4.69, 9.17) is 0 Å². The molecular formula is C15H10F3IN2O2. The number of hydrogen-bond donors (Lipinski definition) is 0. The maximum Gasteiger partial charge on any atom is 0.416 e. The minimum Gasteiger partial charge on any atom is -0.468 e. The molecule has 0 N–H and O–H groups in total. The Morgan fingerprint density at radius 1 is 1.35 bits per heavy atom. The molecule has 8 heteroatoms. The summed E-state index contributed by atoms with van der Waals surface area (Å²) in [7, 11) is 1.23. The Balaban J connectivity index is 2.52. The second kappa shape index (κ2) is 6.62. The van der Waals surface area contributed by atoms with Crippen LogP contribution in [0.1, 0.15) is 11.1 Å². The molecule has 23 heavy (non-hydrogen) atoms. The molecule has 0 amide bonds. The van der Waals surface area contributed by atoms with E-state index in [9.17, 15) is 23.2 Å². The van der Waals surface area contributed by atoms with Gasteiger partial charge in [-0.3, -0.25) is 4.79 Å². The molecule has 2 aromatic rings. The molecule has 4 nitrogen and oxygen atoms in total. The van der Waals surface area contributed by atoms with E-state index in [2.05, 4.69) is 4.74 Å². The Morgan fingerprint density at radius 3 is 2.61 bits per heavy atom. The van der Waals surface area contributed by atoms with Crippen molar-refractivity contribution in [2.45, 2.75) is 12.7 Å². The second-order valence-corrected chi connectivity index (χ2v) is 5.92. The summed E-state index contributed by atoms with van der Waals surface area (Å²) in [6.45, 7) is -0.124. The van der Waals surface area contributed by atoms with Crippen molar-refractivity contribution in [3.63, 3.8) is 0 Å². The molecule has 0 atom stereocenters. The van der Waals surface area contributed by atoms with Crippen LogP contribution in [0.3, 0.4) is 0 Å². The van der Waals surface area contributed by atoms with Gasteiger partial charge in [0, 0.05) is 21.5 Å². The monoisotopic (exact) mass is 434 g/mol. The first-order valence-corrected chi connectivity index (χ1v) is 7.37. The zero-order valence-corrected chi connectivity index (χ0v) is 14.0. The van der Waals surface area contributed by atoms with Crippen molar-refractivity contribution in [2.24, 2.45) is 0 Å². The van der Waals surface area contributed by atoms with E-state index in [1.165, 1.54) is 24.1 Å². The van der Waals surface area contributed by atoms with Crippen LogP contribution >= 0.6 is 22.6 Å². The molecule has 0 fully saturated rings. The van der Waals surface area contributed by atoms with Crippen LogP contribution in [0.4, 0.5) is 13.2 Å². The molecule has 1 aromatic carbocycles. The van der Waals surface area contributed by atoms with E-state index < -0.39 is 17.7 Å². The van der Waals surface area contributed by atoms with Crippen molar-refractivity contribution >= 4 is 28.6 Å². The number of nitrogens with zero attached hydrogens (tertiary/aromatic N) is 2. The number of hydrogen-bond acceptors (Lipinski definition) is 3. The lowest BCUT2D eigenvalue weighted by molar-refractivity contribution is -0.141. The van der Waals surface area contributed by atoms with E-state index in [1.807, 2.05) is 6.07 Å². The zero-order valence-electron chi connectivity index (χ0n) is 11.8. The summed E-state index contributed by atoms with van der Waals surface area (Å²) in [5, 5.41) is 9.18. The largest absolute Gasteiger partial charge is 0.468 e. The first kappa shape index (κ1) is 17.3. The Morgan fingerprint density at radius 2 is 2.04 bits per heavy atom. The van der Waals surface area contributed by atoms with Gasteiger partial charge in [0.1, 0.15) is 12.6 Å². The maximum atomic E-state index is 12.9. The van der Waals surface area contributed by atoms with Crippen LogP contribution in [0.5, 0.6) is 0 Å². The summed E-state index contributed by atoms with van der Waals surface area (Å²) in [5.74, 6) is -0.519. The van der Waals surface area contributed by atoms with Crippen LogP contribution in [0.2, 0.25) is 0 Å². The van der Waals surface area contributed by atoms with Crippen LogP contribution in [-0.4, -0.2) is 17.6 Å². The number of esters is 1. The molecule has 0 aliphatic rings. The quantitative estimate of drug-likeness (QED) is 0.546. The number of halogens is 4. The van der Waals surface area contributed by atoms with Gasteiger partial charge < -0.3 is 9.30 Å². The summed E-state index contributed by atoms with van der Waals surface area (Å²) in [6, 6.07) is 5.49. The van der Waals surface area contributed by atoms with Crippen LogP contribution in [-0.2, 0) is 22.3 Å². The first-order chi connectivity index (χ1) is 10.7. The normalized spacial score (nSPS) is 11.1. The van der Waals surface area contributed by atoms with E-state index in [1.54, 1.807) is 28.7 Å². The minimum atomic E-state index is -4.47. The lowest BCUT2D eigenvalue weighted by atomic mass is 10.0. The lowest BCUT2D eigenvalue weighted by Gasteiger charge is -2.09. The summed E-state index contributed by atoms with van der Waals surface area (Å²) in [6.07, 6.45) is -1.61. The van der Waals surface area contributed by atoms with Gasteiger partial charge in [0.05, 0.1) is 18.2 Å². The molecule has 120 valence electrons.